The van der Waals surface area contributed by atoms with Crippen molar-refractivity contribution in [1.82, 2.24) is 4.98 Å². The van der Waals surface area contributed by atoms with Gasteiger partial charge in [0.05, 0.1) is 30.2 Å². The lowest BCUT2D eigenvalue weighted by molar-refractivity contribution is 0.113. The van der Waals surface area contributed by atoms with Crippen LogP contribution in [0.15, 0.2) is 17.3 Å². The van der Waals surface area contributed by atoms with Crippen molar-refractivity contribution in [3.8, 4) is 6.07 Å². The second-order valence-electron chi connectivity index (χ2n) is 2.88. The zero-order valence-corrected chi connectivity index (χ0v) is 8.74. The second kappa shape index (κ2) is 5.56. The average Bonchev–Trinajstić information content (AvgIpc) is 2.26. The molecule has 80 valence electrons. The van der Waals surface area contributed by atoms with Crippen LogP contribution < -0.4 is 5.73 Å². The molecular formula is C9H11N3O2S. The quantitative estimate of drug-likeness (QED) is 0.622. The minimum atomic E-state index is -0.805. The molecule has 0 saturated carbocycles. The van der Waals surface area contributed by atoms with E-state index >= 15 is 0 Å². The number of nitrogens with two attached hydrogens (primary N) is 1. The third-order valence-corrected chi connectivity index (χ3v) is 2.77. The summed E-state index contributed by atoms with van der Waals surface area (Å²) in [6, 6.07) is 3.50. The van der Waals surface area contributed by atoms with Crippen LogP contribution in [-0.2, 0) is 0 Å². The molecule has 0 saturated heterocycles. The maximum atomic E-state index is 9.13. The van der Waals surface area contributed by atoms with E-state index in [1.165, 1.54) is 24.0 Å². The van der Waals surface area contributed by atoms with E-state index in [1.54, 1.807) is 0 Å². The Morgan fingerprint density at radius 1 is 1.67 bits per heavy atom. The highest BCUT2D eigenvalue weighted by Crippen LogP contribution is 2.21. The molecule has 0 aliphatic heterocycles. The van der Waals surface area contributed by atoms with Crippen molar-refractivity contribution < 1.29 is 10.2 Å². The number of nitrogens with zero attached hydrogens (tertiary/aromatic N) is 2. The first-order valence-corrected chi connectivity index (χ1v) is 5.23. The van der Waals surface area contributed by atoms with Crippen LogP contribution in [0.25, 0.3) is 0 Å². The molecule has 0 aliphatic rings. The summed E-state index contributed by atoms with van der Waals surface area (Å²) in [7, 11) is 0. The highest BCUT2D eigenvalue weighted by Gasteiger charge is 2.08. The first-order chi connectivity index (χ1) is 7.17. The van der Waals surface area contributed by atoms with Gasteiger partial charge < -0.3 is 15.9 Å². The van der Waals surface area contributed by atoms with E-state index in [0.29, 0.717) is 22.0 Å². The number of hydrogen-bond donors (Lipinski definition) is 3. The largest absolute Gasteiger partial charge is 0.397 e. The Morgan fingerprint density at radius 3 is 3.00 bits per heavy atom. The molecule has 15 heavy (non-hydrogen) atoms. The maximum absolute atomic E-state index is 9.13. The van der Waals surface area contributed by atoms with Crippen LogP contribution in [0.5, 0.6) is 0 Å². The number of nitrogen functional groups attached to an aromatic ring is 1. The Morgan fingerprint density at radius 2 is 2.40 bits per heavy atom. The summed E-state index contributed by atoms with van der Waals surface area (Å²) in [6.45, 7) is -0.302. The molecule has 1 atom stereocenters. The van der Waals surface area contributed by atoms with E-state index in [-0.39, 0.29) is 6.61 Å². The molecular weight excluding hydrogens is 214 g/mol. The number of thioether (sulfide) groups is 1. The Bertz CT molecular complexity index is 378. The number of aromatic nitrogens is 1. The van der Waals surface area contributed by atoms with E-state index < -0.39 is 6.10 Å². The number of hydrogen-bond acceptors (Lipinski definition) is 6. The summed E-state index contributed by atoms with van der Waals surface area (Å²) >= 11 is 1.21. The third-order valence-electron chi connectivity index (χ3n) is 1.62. The molecule has 5 nitrogen and oxygen atoms in total. The van der Waals surface area contributed by atoms with Gasteiger partial charge in [0.2, 0.25) is 0 Å². The lowest BCUT2D eigenvalue weighted by Gasteiger charge is -2.07. The molecule has 1 unspecified atom stereocenters. The molecule has 0 bridgehead atoms. The monoisotopic (exact) mass is 225 g/mol. The van der Waals surface area contributed by atoms with Crippen molar-refractivity contribution in [3.05, 3.63) is 17.8 Å². The van der Waals surface area contributed by atoms with Crippen LogP contribution in [0.2, 0.25) is 0 Å². The predicted octanol–water partition coefficient (Wildman–Crippen LogP) is -0.0192. The molecule has 0 aliphatic carbocycles. The summed E-state index contributed by atoms with van der Waals surface area (Å²) in [5.74, 6) is 0.294. The summed E-state index contributed by atoms with van der Waals surface area (Å²) in [5, 5.41) is 27.1. The first-order valence-electron chi connectivity index (χ1n) is 4.24. The zero-order valence-electron chi connectivity index (χ0n) is 7.92. The fourth-order valence-electron chi connectivity index (χ4n) is 0.891. The van der Waals surface area contributed by atoms with Crippen LogP contribution in [0, 0.1) is 11.3 Å². The Hall–Kier alpha value is -1.29. The maximum Gasteiger partial charge on any atom is 0.114 e. The fourth-order valence-corrected chi connectivity index (χ4v) is 1.73. The van der Waals surface area contributed by atoms with E-state index in [0.717, 1.165) is 0 Å². The Kier molecular flexibility index (Phi) is 4.37. The average molecular weight is 225 g/mol. The molecule has 1 heterocycles. The molecule has 1 aromatic rings. The van der Waals surface area contributed by atoms with Gasteiger partial charge in [-0.2, -0.15) is 5.26 Å². The standard InChI is InChI=1S/C9H11N3O2S/c10-2-6-1-7(11)3-12-9(6)15-5-8(14)4-13/h1,3,8,13-14H,4-5,11H2. The third kappa shape index (κ3) is 3.40. The number of aliphatic hydroxyl groups excluding tert-OH is 2. The number of pyridine rings is 1. The van der Waals surface area contributed by atoms with Crippen LogP contribution >= 0.6 is 11.8 Å². The van der Waals surface area contributed by atoms with Gasteiger partial charge in [0.1, 0.15) is 11.1 Å². The van der Waals surface area contributed by atoms with Crippen LogP contribution in [0.3, 0.4) is 0 Å². The summed E-state index contributed by atoms with van der Waals surface area (Å²) in [6.07, 6.45) is 0.648. The van der Waals surface area contributed by atoms with Gasteiger partial charge in [-0.15, -0.1) is 11.8 Å². The van der Waals surface area contributed by atoms with Gasteiger partial charge in [-0.1, -0.05) is 0 Å². The van der Waals surface area contributed by atoms with Gasteiger partial charge in [-0.05, 0) is 6.07 Å². The van der Waals surface area contributed by atoms with Crippen LogP contribution in [0.4, 0.5) is 5.69 Å². The summed E-state index contributed by atoms with van der Waals surface area (Å²) in [5.41, 5.74) is 6.28. The first kappa shape index (κ1) is 11.8. The molecule has 0 fully saturated rings. The highest BCUT2D eigenvalue weighted by molar-refractivity contribution is 7.99. The summed E-state index contributed by atoms with van der Waals surface area (Å²) < 4.78 is 0. The minimum absolute atomic E-state index is 0.294. The van der Waals surface area contributed by atoms with Crippen LogP contribution in [-0.4, -0.2) is 33.7 Å². The Balaban J connectivity index is 2.73. The van der Waals surface area contributed by atoms with E-state index in [1.807, 2.05) is 6.07 Å². The Labute approximate surface area is 91.6 Å². The van der Waals surface area contributed by atoms with Gasteiger partial charge in [-0.25, -0.2) is 4.98 Å². The van der Waals surface area contributed by atoms with Crippen molar-refractivity contribution in [1.29, 1.82) is 5.26 Å². The number of nitriles is 1. The predicted molar refractivity (Wildman–Crippen MR) is 57.2 cm³/mol. The lowest BCUT2D eigenvalue weighted by atomic mass is 10.3. The minimum Gasteiger partial charge on any atom is -0.397 e. The van der Waals surface area contributed by atoms with Gasteiger partial charge in [0, 0.05) is 5.75 Å². The van der Waals surface area contributed by atoms with Gasteiger partial charge >= 0.3 is 0 Å². The molecule has 1 aromatic heterocycles. The normalized spacial score (nSPS) is 12.1. The van der Waals surface area contributed by atoms with Gasteiger partial charge in [0.25, 0.3) is 0 Å². The van der Waals surface area contributed by atoms with Crippen LogP contribution in [0.1, 0.15) is 5.56 Å². The van der Waals surface area contributed by atoms with E-state index in [4.69, 9.17) is 21.2 Å². The molecule has 0 radical (unpaired) electrons. The molecule has 4 N–H and O–H groups in total. The van der Waals surface area contributed by atoms with Crippen molar-refractivity contribution in [2.75, 3.05) is 18.1 Å². The van der Waals surface area contributed by atoms with E-state index in [2.05, 4.69) is 4.98 Å². The number of rotatable bonds is 4. The zero-order chi connectivity index (χ0) is 11.3. The second-order valence-corrected chi connectivity index (χ2v) is 3.89. The lowest BCUT2D eigenvalue weighted by Crippen LogP contribution is -2.14. The fraction of sp³-hybridized carbons (Fsp3) is 0.333. The molecule has 0 spiro atoms. The molecule has 0 amide bonds. The van der Waals surface area contributed by atoms with Crippen molar-refractivity contribution in [2.45, 2.75) is 11.1 Å². The smallest absolute Gasteiger partial charge is 0.114 e. The molecule has 1 rings (SSSR count). The summed E-state index contributed by atoms with van der Waals surface area (Å²) in [4.78, 5) is 3.98. The number of aliphatic hydroxyl groups is 2. The number of anilines is 1. The van der Waals surface area contributed by atoms with E-state index in [9.17, 15) is 0 Å². The molecule has 6 heteroatoms. The van der Waals surface area contributed by atoms with Crippen molar-refractivity contribution in [2.24, 2.45) is 0 Å². The molecule has 0 aromatic carbocycles. The van der Waals surface area contributed by atoms with Crippen molar-refractivity contribution >= 4 is 17.4 Å². The topological polar surface area (TPSA) is 103 Å². The SMILES string of the molecule is N#Cc1cc(N)cnc1SCC(O)CO. The highest BCUT2D eigenvalue weighted by atomic mass is 32.2. The van der Waals surface area contributed by atoms with Crippen molar-refractivity contribution in [3.63, 3.8) is 0 Å². The van der Waals surface area contributed by atoms with Gasteiger partial charge in [0.15, 0.2) is 0 Å². The van der Waals surface area contributed by atoms with Gasteiger partial charge in [-0.3, -0.25) is 0 Å².